The van der Waals surface area contributed by atoms with E-state index in [4.69, 9.17) is 0 Å². The van der Waals surface area contributed by atoms with Crippen LogP contribution in [0, 0.1) is 5.82 Å². The molecule has 2 nitrogen and oxygen atoms in total. The van der Waals surface area contributed by atoms with Gasteiger partial charge in [-0.25, -0.2) is 4.39 Å². The lowest BCUT2D eigenvalue weighted by Gasteiger charge is -2.36. The molecule has 1 fully saturated rings. The minimum atomic E-state index is -0.166. The van der Waals surface area contributed by atoms with Crippen molar-refractivity contribution < 1.29 is 4.39 Å². The van der Waals surface area contributed by atoms with Crippen molar-refractivity contribution in [1.82, 2.24) is 10.2 Å². The second-order valence-corrected chi connectivity index (χ2v) is 5.84. The average Bonchev–Trinajstić information content (AvgIpc) is 2.40. The van der Waals surface area contributed by atoms with Crippen molar-refractivity contribution in [2.75, 3.05) is 13.1 Å². The summed E-state index contributed by atoms with van der Waals surface area (Å²) in [6.07, 6.45) is 2.40. The van der Waals surface area contributed by atoms with Crippen molar-refractivity contribution in [2.24, 2.45) is 0 Å². The predicted molar refractivity (Wildman–Crippen MR) is 77.7 cm³/mol. The molecular formula is C16H25FN2. The number of halogens is 1. The Bertz CT molecular complexity index is 380. The summed E-state index contributed by atoms with van der Waals surface area (Å²) in [6, 6.07) is 8.33. The van der Waals surface area contributed by atoms with Crippen LogP contribution in [0.4, 0.5) is 4.39 Å². The number of nitrogens with zero attached hydrogens (tertiary/aromatic N) is 1. The van der Waals surface area contributed by atoms with Crippen LogP contribution in [0.2, 0.25) is 0 Å². The zero-order valence-corrected chi connectivity index (χ0v) is 12.2. The summed E-state index contributed by atoms with van der Waals surface area (Å²) < 4.78 is 12.9. The van der Waals surface area contributed by atoms with Crippen LogP contribution >= 0.6 is 0 Å². The van der Waals surface area contributed by atoms with Crippen molar-refractivity contribution >= 4 is 0 Å². The van der Waals surface area contributed by atoms with Gasteiger partial charge in [0, 0.05) is 18.1 Å². The van der Waals surface area contributed by atoms with Crippen LogP contribution in [0.3, 0.4) is 0 Å². The summed E-state index contributed by atoms with van der Waals surface area (Å²) in [4.78, 5) is 2.53. The molecule has 1 aliphatic heterocycles. The van der Waals surface area contributed by atoms with Crippen molar-refractivity contribution in [2.45, 2.75) is 51.7 Å². The van der Waals surface area contributed by atoms with Gasteiger partial charge in [0.25, 0.3) is 0 Å². The lowest BCUT2D eigenvalue weighted by atomic mass is 10.0. The van der Waals surface area contributed by atoms with E-state index in [-0.39, 0.29) is 11.9 Å². The molecule has 19 heavy (non-hydrogen) atoms. The zero-order chi connectivity index (χ0) is 13.8. The monoisotopic (exact) mass is 264 g/mol. The summed E-state index contributed by atoms with van der Waals surface area (Å²) in [6.45, 7) is 9.02. The standard InChI is InChI=1S/C16H25FN2/c1-12(2)19-10-8-16(9-11-19)18-13(3)14-4-6-15(17)7-5-14/h4-7,12-13,16,18H,8-11H2,1-3H3/t13-/m0/s1. The molecule has 0 aromatic heterocycles. The Hall–Kier alpha value is -0.930. The fourth-order valence-electron chi connectivity index (χ4n) is 2.78. The quantitative estimate of drug-likeness (QED) is 0.897. The number of hydrogen-bond acceptors (Lipinski definition) is 2. The molecule has 1 aliphatic rings. The van der Waals surface area contributed by atoms with Gasteiger partial charge in [0.15, 0.2) is 0 Å². The molecule has 0 spiro atoms. The molecule has 0 radical (unpaired) electrons. The molecule has 0 bridgehead atoms. The van der Waals surface area contributed by atoms with E-state index < -0.39 is 0 Å². The molecule has 1 aromatic carbocycles. The van der Waals surface area contributed by atoms with Crippen molar-refractivity contribution in [3.8, 4) is 0 Å². The maximum Gasteiger partial charge on any atom is 0.123 e. The Morgan fingerprint density at radius 2 is 1.68 bits per heavy atom. The van der Waals surface area contributed by atoms with Gasteiger partial charge in [0.05, 0.1) is 0 Å². The van der Waals surface area contributed by atoms with Crippen molar-refractivity contribution in [3.63, 3.8) is 0 Å². The number of benzene rings is 1. The first kappa shape index (κ1) is 14.5. The second-order valence-electron chi connectivity index (χ2n) is 5.84. The fraction of sp³-hybridized carbons (Fsp3) is 0.625. The van der Waals surface area contributed by atoms with Crippen LogP contribution in [0.25, 0.3) is 0 Å². The molecule has 0 amide bonds. The van der Waals surface area contributed by atoms with Gasteiger partial charge in [-0.1, -0.05) is 12.1 Å². The molecule has 1 atom stereocenters. The maximum atomic E-state index is 12.9. The highest BCUT2D eigenvalue weighted by Crippen LogP contribution is 2.18. The molecule has 1 heterocycles. The van der Waals surface area contributed by atoms with Gasteiger partial charge in [-0.3, -0.25) is 0 Å². The molecule has 3 heteroatoms. The zero-order valence-electron chi connectivity index (χ0n) is 12.2. The SMILES string of the molecule is CC(C)N1CCC(N[C@@H](C)c2ccc(F)cc2)CC1. The van der Waals surface area contributed by atoms with Gasteiger partial charge in [0.2, 0.25) is 0 Å². The molecule has 106 valence electrons. The number of hydrogen-bond donors (Lipinski definition) is 1. The van der Waals surface area contributed by atoms with Gasteiger partial charge in [-0.2, -0.15) is 0 Å². The molecule has 2 rings (SSSR count). The van der Waals surface area contributed by atoms with E-state index in [1.807, 2.05) is 12.1 Å². The summed E-state index contributed by atoms with van der Waals surface area (Å²) >= 11 is 0. The van der Waals surface area contributed by atoms with E-state index >= 15 is 0 Å². The van der Waals surface area contributed by atoms with Crippen LogP contribution in [-0.4, -0.2) is 30.1 Å². The van der Waals surface area contributed by atoms with Crippen LogP contribution in [0.5, 0.6) is 0 Å². The first-order valence-electron chi connectivity index (χ1n) is 7.32. The number of nitrogens with one attached hydrogen (secondary N) is 1. The Balaban J connectivity index is 1.83. The van der Waals surface area contributed by atoms with E-state index in [1.165, 1.54) is 38.1 Å². The second kappa shape index (κ2) is 6.49. The van der Waals surface area contributed by atoms with E-state index in [1.54, 1.807) is 0 Å². The number of rotatable bonds is 4. The third-order valence-corrected chi connectivity index (χ3v) is 4.12. The smallest absolute Gasteiger partial charge is 0.123 e. The lowest BCUT2D eigenvalue weighted by molar-refractivity contribution is 0.157. The largest absolute Gasteiger partial charge is 0.307 e. The molecular weight excluding hydrogens is 239 g/mol. The van der Waals surface area contributed by atoms with Crippen LogP contribution in [0.15, 0.2) is 24.3 Å². The molecule has 1 aromatic rings. The van der Waals surface area contributed by atoms with Crippen molar-refractivity contribution in [1.29, 1.82) is 0 Å². The maximum absolute atomic E-state index is 12.9. The molecule has 1 N–H and O–H groups in total. The fourth-order valence-corrected chi connectivity index (χ4v) is 2.78. The Labute approximate surface area is 116 Å². The van der Waals surface area contributed by atoms with Gasteiger partial charge >= 0.3 is 0 Å². The number of likely N-dealkylation sites (tertiary alicyclic amines) is 1. The van der Waals surface area contributed by atoms with Gasteiger partial charge in [-0.15, -0.1) is 0 Å². The van der Waals surface area contributed by atoms with Crippen molar-refractivity contribution in [3.05, 3.63) is 35.6 Å². The van der Waals surface area contributed by atoms with E-state index in [9.17, 15) is 4.39 Å². The van der Waals surface area contributed by atoms with E-state index in [2.05, 4.69) is 31.0 Å². The Morgan fingerprint density at radius 1 is 1.11 bits per heavy atom. The molecule has 1 saturated heterocycles. The van der Waals surface area contributed by atoms with Crippen LogP contribution < -0.4 is 5.32 Å². The highest BCUT2D eigenvalue weighted by molar-refractivity contribution is 5.19. The van der Waals surface area contributed by atoms with Crippen LogP contribution in [-0.2, 0) is 0 Å². The highest BCUT2D eigenvalue weighted by Gasteiger charge is 2.21. The Morgan fingerprint density at radius 3 is 2.21 bits per heavy atom. The normalized spacial score (nSPS) is 19.8. The van der Waals surface area contributed by atoms with Gasteiger partial charge < -0.3 is 10.2 Å². The lowest BCUT2D eigenvalue weighted by Crippen LogP contribution is -2.45. The minimum absolute atomic E-state index is 0.166. The minimum Gasteiger partial charge on any atom is -0.307 e. The summed E-state index contributed by atoms with van der Waals surface area (Å²) in [5, 5.41) is 3.66. The number of piperidine rings is 1. The Kier molecular flexibility index (Phi) is 4.94. The first-order chi connectivity index (χ1) is 9.06. The van der Waals surface area contributed by atoms with Crippen LogP contribution in [0.1, 0.15) is 45.2 Å². The predicted octanol–water partition coefficient (Wildman–Crippen LogP) is 3.35. The summed E-state index contributed by atoms with van der Waals surface area (Å²) in [5.41, 5.74) is 1.16. The average molecular weight is 264 g/mol. The van der Waals surface area contributed by atoms with Gasteiger partial charge in [0.1, 0.15) is 5.82 Å². The van der Waals surface area contributed by atoms with E-state index in [0.29, 0.717) is 12.1 Å². The third-order valence-electron chi connectivity index (χ3n) is 4.12. The van der Waals surface area contributed by atoms with E-state index in [0.717, 1.165) is 5.56 Å². The van der Waals surface area contributed by atoms with Gasteiger partial charge in [-0.05, 0) is 64.4 Å². The molecule has 0 unspecified atom stereocenters. The first-order valence-corrected chi connectivity index (χ1v) is 7.32. The summed E-state index contributed by atoms with van der Waals surface area (Å²) in [5.74, 6) is -0.166. The summed E-state index contributed by atoms with van der Waals surface area (Å²) in [7, 11) is 0. The molecule has 0 aliphatic carbocycles. The topological polar surface area (TPSA) is 15.3 Å². The molecule has 0 saturated carbocycles. The third kappa shape index (κ3) is 4.02. The highest BCUT2D eigenvalue weighted by atomic mass is 19.1.